The maximum atomic E-state index is 13.5. The number of carbonyl (C=O) groups is 3. The van der Waals surface area contributed by atoms with Crippen LogP contribution in [0.15, 0.2) is 78.9 Å². The minimum absolute atomic E-state index is 0.0921. The van der Waals surface area contributed by atoms with Gasteiger partial charge in [-0.1, -0.05) is 78.9 Å². The lowest BCUT2D eigenvalue weighted by Gasteiger charge is -2.48. The van der Waals surface area contributed by atoms with Crippen LogP contribution in [-0.2, 0) is 25.6 Å². The highest BCUT2D eigenvalue weighted by Gasteiger charge is 2.45. The van der Waals surface area contributed by atoms with E-state index in [1.54, 1.807) is 11.8 Å². The molecule has 0 bridgehead atoms. The van der Waals surface area contributed by atoms with Crippen LogP contribution in [0.1, 0.15) is 29.5 Å². The Morgan fingerprint density at radius 2 is 1.56 bits per heavy atom. The molecular weight excluding hydrogens is 522 g/mol. The molecule has 9 nitrogen and oxygen atoms in total. The van der Waals surface area contributed by atoms with Crippen molar-refractivity contribution in [2.75, 3.05) is 39.9 Å². The maximum absolute atomic E-state index is 13.5. The van der Waals surface area contributed by atoms with Gasteiger partial charge in [0.25, 0.3) is 0 Å². The molecule has 3 aromatic carbocycles. The van der Waals surface area contributed by atoms with Gasteiger partial charge in [-0.3, -0.25) is 9.69 Å². The van der Waals surface area contributed by atoms with Gasteiger partial charge in [-0.15, -0.1) is 0 Å². The maximum Gasteiger partial charge on any atom is 0.407 e. The molecule has 1 heterocycles. The van der Waals surface area contributed by atoms with E-state index in [4.69, 9.17) is 14.6 Å². The number of rotatable bonds is 11. The monoisotopic (exact) mass is 557 g/mol. The molecular formula is C32H35N3O6. The van der Waals surface area contributed by atoms with Gasteiger partial charge in [-0.2, -0.15) is 0 Å². The van der Waals surface area contributed by atoms with Crippen molar-refractivity contribution in [3.63, 3.8) is 0 Å². The summed E-state index contributed by atoms with van der Waals surface area (Å²) >= 11 is 0. The van der Waals surface area contributed by atoms with Crippen LogP contribution in [0.4, 0.5) is 4.79 Å². The summed E-state index contributed by atoms with van der Waals surface area (Å²) in [6, 6.07) is 25.2. The number of amides is 2. The average Bonchev–Trinajstić information content (AvgIpc) is 3.27. The number of likely N-dealkylation sites (tertiary alicyclic amines) is 1. The summed E-state index contributed by atoms with van der Waals surface area (Å²) in [7, 11) is 1.89. The molecule has 5 rings (SSSR count). The number of ether oxygens (including phenoxy) is 2. The Balaban J connectivity index is 1.24. The number of hydrogen-bond acceptors (Lipinski definition) is 6. The molecule has 0 radical (unpaired) electrons. The van der Waals surface area contributed by atoms with Crippen LogP contribution in [0.3, 0.4) is 0 Å². The largest absolute Gasteiger partial charge is 0.480 e. The molecule has 1 atom stereocenters. The molecule has 3 aromatic rings. The van der Waals surface area contributed by atoms with Crippen LogP contribution >= 0.6 is 0 Å². The predicted octanol–water partition coefficient (Wildman–Crippen LogP) is 3.73. The van der Waals surface area contributed by atoms with Gasteiger partial charge in [0.2, 0.25) is 5.91 Å². The summed E-state index contributed by atoms with van der Waals surface area (Å²) in [5.74, 6) is -1.42. The third kappa shape index (κ3) is 6.58. The number of carboxylic acid groups (broad SMARTS) is 1. The van der Waals surface area contributed by atoms with Crippen LogP contribution in [0, 0.1) is 0 Å². The van der Waals surface area contributed by atoms with Gasteiger partial charge in [-0.25, -0.2) is 9.59 Å². The van der Waals surface area contributed by atoms with Crippen LogP contribution < -0.4 is 5.32 Å². The second-order valence-electron chi connectivity index (χ2n) is 11.0. The molecule has 0 aromatic heterocycles. The zero-order valence-electron chi connectivity index (χ0n) is 23.3. The lowest BCUT2D eigenvalue weighted by Crippen LogP contribution is -2.67. The van der Waals surface area contributed by atoms with Gasteiger partial charge < -0.3 is 24.8 Å². The van der Waals surface area contributed by atoms with Crippen LogP contribution in [0.2, 0.25) is 0 Å². The van der Waals surface area contributed by atoms with E-state index >= 15 is 0 Å². The molecule has 0 saturated carbocycles. The zero-order chi connectivity index (χ0) is 29.0. The Kier molecular flexibility index (Phi) is 8.37. The zero-order valence-corrected chi connectivity index (χ0v) is 23.3. The molecule has 214 valence electrons. The van der Waals surface area contributed by atoms with E-state index in [1.807, 2.05) is 66.5 Å². The summed E-state index contributed by atoms with van der Waals surface area (Å²) < 4.78 is 11.2. The first kappa shape index (κ1) is 28.3. The smallest absolute Gasteiger partial charge is 0.407 e. The first-order chi connectivity index (χ1) is 19.7. The van der Waals surface area contributed by atoms with Gasteiger partial charge in [-0.05, 0) is 41.8 Å². The predicted molar refractivity (Wildman–Crippen MR) is 153 cm³/mol. The lowest BCUT2D eigenvalue weighted by molar-refractivity contribution is -0.174. The quantitative estimate of drug-likeness (QED) is 0.370. The van der Waals surface area contributed by atoms with E-state index in [0.29, 0.717) is 6.54 Å². The van der Waals surface area contributed by atoms with Crippen molar-refractivity contribution in [3.8, 4) is 11.1 Å². The number of nitrogens with zero attached hydrogens (tertiary/aromatic N) is 2. The number of likely N-dealkylation sites (N-methyl/N-ethyl adjacent to an activating group) is 1. The van der Waals surface area contributed by atoms with Gasteiger partial charge in [0, 0.05) is 19.0 Å². The normalized spacial score (nSPS) is 15.9. The number of carboxylic acids is 1. The Morgan fingerprint density at radius 1 is 0.976 bits per heavy atom. The minimum atomic E-state index is -1.06. The highest BCUT2D eigenvalue weighted by atomic mass is 16.5. The van der Waals surface area contributed by atoms with Crippen LogP contribution in [-0.4, -0.2) is 84.4 Å². The number of alkyl carbamates (subject to hydrolysis) is 1. The fraction of sp³-hybridized carbons (Fsp3) is 0.344. The van der Waals surface area contributed by atoms with E-state index < -0.39 is 30.3 Å². The van der Waals surface area contributed by atoms with E-state index in [-0.39, 0.29) is 38.1 Å². The SMILES string of the molecule is CN(Cc1ccccc1)CC(NC(=O)OCC1c2ccccc2-c2ccccc21)C(=O)N1CC(C)(OCC(=O)O)C1. The fourth-order valence-electron chi connectivity index (χ4n) is 5.70. The van der Waals surface area contributed by atoms with Crippen molar-refractivity contribution in [2.24, 2.45) is 0 Å². The summed E-state index contributed by atoms with van der Waals surface area (Å²) in [6.45, 7) is 2.83. The van der Waals surface area contributed by atoms with E-state index in [1.165, 1.54) is 0 Å². The molecule has 0 spiro atoms. The standard InChI is InChI=1S/C32H35N3O6/c1-32(41-19-29(36)37)20-35(21-32)30(38)28(17-34(2)16-22-10-4-3-5-11-22)33-31(39)40-18-27-25-14-8-6-12-23(25)24-13-7-9-15-26(24)27/h3-15,27-28H,16-21H2,1-2H3,(H,33,39)(H,36,37). The van der Waals surface area contributed by atoms with Gasteiger partial charge in [0.05, 0.1) is 13.1 Å². The van der Waals surface area contributed by atoms with E-state index in [9.17, 15) is 14.4 Å². The van der Waals surface area contributed by atoms with Gasteiger partial charge in [0.1, 0.15) is 24.9 Å². The fourth-order valence-corrected chi connectivity index (χ4v) is 5.70. The molecule has 2 amide bonds. The molecule has 2 aliphatic rings. The Bertz CT molecular complexity index is 1360. The van der Waals surface area contributed by atoms with Crippen LogP contribution in [0.25, 0.3) is 11.1 Å². The van der Waals surface area contributed by atoms with Crippen LogP contribution in [0.5, 0.6) is 0 Å². The number of hydrogen-bond donors (Lipinski definition) is 2. The highest BCUT2D eigenvalue weighted by molar-refractivity contribution is 5.87. The molecule has 1 aliphatic heterocycles. The van der Waals surface area contributed by atoms with E-state index in [2.05, 4.69) is 29.6 Å². The van der Waals surface area contributed by atoms with Gasteiger partial charge >= 0.3 is 12.1 Å². The second kappa shape index (κ2) is 12.1. The Labute approximate surface area is 239 Å². The third-order valence-electron chi connectivity index (χ3n) is 7.63. The topological polar surface area (TPSA) is 108 Å². The summed E-state index contributed by atoms with van der Waals surface area (Å²) in [6.07, 6.45) is -0.663. The lowest BCUT2D eigenvalue weighted by atomic mass is 9.95. The number of benzene rings is 3. The number of carbonyl (C=O) groups excluding carboxylic acids is 2. The molecule has 1 unspecified atom stereocenters. The second-order valence-corrected chi connectivity index (χ2v) is 11.0. The number of aliphatic carboxylic acids is 1. The van der Waals surface area contributed by atoms with E-state index in [0.717, 1.165) is 27.8 Å². The molecule has 9 heteroatoms. The van der Waals surface area contributed by atoms with Crippen molar-refractivity contribution in [3.05, 3.63) is 95.6 Å². The summed E-state index contributed by atoms with van der Waals surface area (Å²) in [4.78, 5) is 41.1. The van der Waals surface area contributed by atoms with Crippen molar-refractivity contribution < 1.29 is 29.0 Å². The van der Waals surface area contributed by atoms with Gasteiger partial charge in [0.15, 0.2) is 0 Å². The Morgan fingerprint density at radius 3 is 2.17 bits per heavy atom. The first-order valence-corrected chi connectivity index (χ1v) is 13.7. The molecule has 1 saturated heterocycles. The average molecular weight is 558 g/mol. The molecule has 41 heavy (non-hydrogen) atoms. The van der Waals surface area contributed by atoms with Crippen molar-refractivity contribution in [1.82, 2.24) is 15.1 Å². The number of nitrogens with one attached hydrogen (secondary N) is 1. The van der Waals surface area contributed by atoms with Crippen molar-refractivity contribution in [1.29, 1.82) is 0 Å². The summed E-state index contributed by atoms with van der Waals surface area (Å²) in [5.41, 5.74) is 4.84. The molecule has 1 aliphatic carbocycles. The third-order valence-corrected chi connectivity index (χ3v) is 7.63. The highest BCUT2D eigenvalue weighted by Crippen LogP contribution is 2.44. The Hall–Kier alpha value is -4.21. The first-order valence-electron chi connectivity index (χ1n) is 13.7. The molecule has 2 N–H and O–H groups in total. The number of fused-ring (bicyclic) bond motifs is 3. The summed E-state index contributed by atoms with van der Waals surface area (Å²) in [5, 5.41) is 11.7. The van der Waals surface area contributed by atoms with Crippen molar-refractivity contribution >= 4 is 18.0 Å². The van der Waals surface area contributed by atoms with Crippen molar-refractivity contribution in [2.45, 2.75) is 31.0 Å². The minimum Gasteiger partial charge on any atom is -0.480 e. The molecule has 1 fully saturated rings.